The van der Waals surface area contributed by atoms with Crippen molar-refractivity contribution in [3.05, 3.63) is 102 Å². The van der Waals surface area contributed by atoms with Gasteiger partial charge < -0.3 is 15.0 Å². The highest BCUT2D eigenvalue weighted by atomic mass is 16.5. The molecule has 1 fully saturated rings. The minimum atomic E-state index is -0.175. The summed E-state index contributed by atoms with van der Waals surface area (Å²) in [6, 6.07) is 19.9. The van der Waals surface area contributed by atoms with Crippen LogP contribution in [-0.4, -0.2) is 47.2 Å². The third-order valence-electron chi connectivity index (χ3n) is 6.38. The average Bonchev–Trinajstić information content (AvgIpc) is 2.94. The van der Waals surface area contributed by atoms with E-state index < -0.39 is 0 Å². The molecule has 0 bridgehead atoms. The van der Waals surface area contributed by atoms with Crippen LogP contribution in [-0.2, 0) is 11.2 Å². The Balaban J connectivity index is 1.25. The lowest BCUT2D eigenvalue weighted by Gasteiger charge is -2.28. The van der Waals surface area contributed by atoms with Gasteiger partial charge in [0.05, 0.1) is 36.4 Å². The van der Waals surface area contributed by atoms with Crippen LogP contribution in [0.2, 0.25) is 0 Å². The molecular weight excluding hydrogens is 450 g/mol. The Hall–Kier alpha value is -4.10. The van der Waals surface area contributed by atoms with Crippen molar-refractivity contribution < 1.29 is 9.53 Å². The summed E-state index contributed by atoms with van der Waals surface area (Å²) in [6.45, 7) is 5.54. The number of benzene rings is 2. The first kappa shape index (κ1) is 23.6. The first-order valence-electron chi connectivity index (χ1n) is 12.2. The van der Waals surface area contributed by atoms with Crippen LogP contribution in [0, 0.1) is 0 Å². The molecule has 2 aromatic carbocycles. The van der Waals surface area contributed by atoms with Gasteiger partial charge in [-0.25, -0.2) is 4.98 Å². The van der Waals surface area contributed by atoms with Gasteiger partial charge in [-0.1, -0.05) is 31.2 Å². The predicted molar refractivity (Wildman–Crippen MR) is 141 cm³/mol. The molecular formula is C29H29N5O2. The maximum atomic E-state index is 12.5. The summed E-state index contributed by atoms with van der Waals surface area (Å²) in [6.07, 6.45) is 7.59. The lowest BCUT2D eigenvalue weighted by Crippen LogP contribution is -2.36. The van der Waals surface area contributed by atoms with E-state index in [0.717, 1.165) is 60.9 Å². The van der Waals surface area contributed by atoms with Gasteiger partial charge in [0.25, 0.3) is 5.91 Å². The zero-order valence-electron chi connectivity index (χ0n) is 20.3. The molecule has 1 saturated heterocycles. The van der Waals surface area contributed by atoms with Gasteiger partial charge in [0.2, 0.25) is 0 Å². The zero-order chi connectivity index (χ0) is 24.7. The number of nitrogens with zero attached hydrogens (tertiary/aromatic N) is 4. The van der Waals surface area contributed by atoms with Crippen molar-refractivity contribution in [3.63, 3.8) is 0 Å². The van der Waals surface area contributed by atoms with Crippen molar-refractivity contribution in [2.75, 3.05) is 36.5 Å². The third-order valence-corrected chi connectivity index (χ3v) is 6.38. The Morgan fingerprint density at radius 2 is 1.83 bits per heavy atom. The van der Waals surface area contributed by atoms with Crippen LogP contribution in [0.4, 0.5) is 11.4 Å². The molecule has 182 valence electrons. The van der Waals surface area contributed by atoms with Gasteiger partial charge in [0, 0.05) is 48.6 Å². The molecule has 7 heteroatoms. The molecule has 1 amide bonds. The second-order valence-corrected chi connectivity index (χ2v) is 8.97. The minimum Gasteiger partial charge on any atom is -0.378 e. The fourth-order valence-electron chi connectivity index (χ4n) is 4.36. The monoisotopic (exact) mass is 479 g/mol. The number of rotatable bonds is 7. The Morgan fingerprint density at radius 1 is 1.00 bits per heavy atom. The Labute approximate surface area is 211 Å². The molecule has 1 aliphatic heterocycles. The van der Waals surface area contributed by atoms with E-state index in [-0.39, 0.29) is 11.8 Å². The summed E-state index contributed by atoms with van der Waals surface area (Å²) in [5.41, 5.74) is 6.47. The van der Waals surface area contributed by atoms with E-state index in [1.165, 1.54) is 5.69 Å². The largest absolute Gasteiger partial charge is 0.378 e. The number of amides is 1. The molecule has 1 N–H and O–H groups in total. The van der Waals surface area contributed by atoms with Crippen molar-refractivity contribution in [2.24, 2.45) is 0 Å². The zero-order valence-corrected chi connectivity index (χ0v) is 20.3. The predicted octanol–water partition coefficient (Wildman–Crippen LogP) is 4.97. The highest BCUT2D eigenvalue weighted by Gasteiger charge is 2.13. The molecule has 7 nitrogen and oxygen atoms in total. The molecule has 1 atom stereocenters. The van der Waals surface area contributed by atoms with Crippen molar-refractivity contribution in [2.45, 2.75) is 19.3 Å². The normalized spacial score (nSPS) is 14.3. The van der Waals surface area contributed by atoms with Crippen LogP contribution in [0.1, 0.15) is 34.5 Å². The number of nitrogens with one attached hydrogen (secondary N) is 1. The van der Waals surface area contributed by atoms with Gasteiger partial charge in [-0.05, 0) is 54.3 Å². The van der Waals surface area contributed by atoms with Crippen LogP contribution >= 0.6 is 0 Å². The summed E-state index contributed by atoms with van der Waals surface area (Å²) in [5, 5.41) is 2.96. The molecule has 0 saturated carbocycles. The molecule has 4 aromatic rings. The average molecular weight is 480 g/mol. The molecule has 3 heterocycles. The maximum absolute atomic E-state index is 12.5. The molecule has 0 unspecified atom stereocenters. The number of pyridine rings is 1. The van der Waals surface area contributed by atoms with E-state index in [1.807, 2.05) is 30.6 Å². The van der Waals surface area contributed by atoms with Gasteiger partial charge in [-0.3, -0.25) is 14.8 Å². The fraction of sp³-hybridized carbons (Fsp3) is 0.241. The first-order valence-corrected chi connectivity index (χ1v) is 12.2. The van der Waals surface area contributed by atoms with E-state index in [2.05, 4.69) is 57.4 Å². The van der Waals surface area contributed by atoms with Crippen LogP contribution in [0.15, 0.2) is 85.5 Å². The second kappa shape index (κ2) is 11.1. The molecule has 0 radical (unpaired) electrons. The Morgan fingerprint density at radius 3 is 2.61 bits per heavy atom. The number of anilines is 2. The molecule has 0 aliphatic carbocycles. The number of carbonyl (C=O) groups excluding carboxylic acids is 1. The van der Waals surface area contributed by atoms with Crippen molar-refractivity contribution in [1.82, 2.24) is 15.0 Å². The SMILES string of the molecule is C[C@H](Cc1cncc(-c2ccc(N3CCOCC3)cc2)n1)c1cccc(NC(=O)c2cccnc2)c1. The number of morpholine rings is 1. The van der Waals surface area contributed by atoms with Gasteiger partial charge in [0.1, 0.15) is 0 Å². The summed E-state index contributed by atoms with van der Waals surface area (Å²) < 4.78 is 5.45. The van der Waals surface area contributed by atoms with Gasteiger partial charge in [-0.15, -0.1) is 0 Å². The van der Waals surface area contributed by atoms with Crippen LogP contribution in [0.5, 0.6) is 0 Å². The number of aromatic nitrogens is 3. The van der Waals surface area contributed by atoms with Crippen molar-refractivity contribution in [1.29, 1.82) is 0 Å². The second-order valence-electron chi connectivity index (χ2n) is 8.97. The quantitative estimate of drug-likeness (QED) is 0.403. The van der Waals surface area contributed by atoms with Gasteiger partial charge >= 0.3 is 0 Å². The van der Waals surface area contributed by atoms with E-state index in [4.69, 9.17) is 9.72 Å². The molecule has 2 aromatic heterocycles. The Kier molecular flexibility index (Phi) is 7.28. The number of ether oxygens (including phenoxy) is 1. The summed E-state index contributed by atoms with van der Waals surface area (Å²) in [7, 11) is 0. The summed E-state index contributed by atoms with van der Waals surface area (Å²) >= 11 is 0. The smallest absolute Gasteiger partial charge is 0.257 e. The standard InChI is InChI=1S/C29H29N5O2/c1-21(23-4-2-6-25(17-23)33-29(35)24-5-3-11-30-18-24)16-26-19-31-20-28(32-26)22-7-9-27(10-8-22)34-12-14-36-15-13-34/h2-11,17-21H,12-16H2,1H3,(H,33,35)/t21-/m1/s1. The van der Waals surface area contributed by atoms with Crippen molar-refractivity contribution >= 4 is 17.3 Å². The number of hydrogen-bond acceptors (Lipinski definition) is 6. The molecule has 1 aliphatic rings. The molecule has 0 spiro atoms. The molecule has 5 rings (SSSR count). The maximum Gasteiger partial charge on any atom is 0.257 e. The number of carbonyl (C=O) groups is 1. The minimum absolute atomic E-state index is 0.175. The van der Waals surface area contributed by atoms with E-state index in [0.29, 0.717) is 5.56 Å². The Bertz CT molecular complexity index is 1300. The van der Waals surface area contributed by atoms with Gasteiger partial charge in [-0.2, -0.15) is 0 Å². The highest BCUT2D eigenvalue weighted by Crippen LogP contribution is 2.25. The third kappa shape index (κ3) is 5.75. The number of hydrogen-bond donors (Lipinski definition) is 1. The van der Waals surface area contributed by atoms with Crippen molar-refractivity contribution in [3.8, 4) is 11.3 Å². The van der Waals surface area contributed by atoms with E-state index in [9.17, 15) is 4.79 Å². The summed E-state index contributed by atoms with van der Waals surface area (Å²) in [4.78, 5) is 28.2. The van der Waals surface area contributed by atoms with Crippen LogP contribution in [0.25, 0.3) is 11.3 Å². The fourth-order valence-corrected chi connectivity index (χ4v) is 4.36. The van der Waals surface area contributed by atoms with E-state index in [1.54, 1.807) is 24.5 Å². The molecule has 36 heavy (non-hydrogen) atoms. The van der Waals surface area contributed by atoms with Gasteiger partial charge in [0.15, 0.2) is 0 Å². The van der Waals surface area contributed by atoms with E-state index >= 15 is 0 Å². The lowest BCUT2D eigenvalue weighted by atomic mass is 9.96. The lowest BCUT2D eigenvalue weighted by molar-refractivity contribution is 0.102. The van der Waals surface area contributed by atoms with Crippen LogP contribution < -0.4 is 10.2 Å². The summed E-state index contributed by atoms with van der Waals surface area (Å²) in [5.74, 6) is 0.0274. The highest BCUT2D eigenvalue weighted by molar-refractivity contribution is 6.04. The topological polar surface area (TPSA) is 80.2 Å². The first-order chi connectivity index (χ1) is 17.7. The van der Waals surface area contributed by atoms with Crippen LogP contribution in [0.3, 0.4) is 0 Å².